The number of aromatic nitrogens is 5. The third-order valence-corrected chi connectivity index (χ3v) is 3.96. The number of fused-ring (bicyclic) bond motifs is 1. The zero-order valence-corrected chi connectivity index (χ0v) is 13.3. The number of carbonyl (C=O) groups excluding carboxylic acids is 1. The summed E-state index contributed by atoms with van der Waals surface area (Å²) in [6.07, 6.45) is 4.98. The molecule has 24 heavy (non-hydrogen) atoms. The third kappa shape index (κ3) is 2.49. The van der Waals surface area contributed by atoms with Crippen LogP contribution < -0.4 is 21.5 Å². The molecule has 0 atom stereocenters. The van der Waals surface area contributed by atoms with Crippen molar-refractivity contribution in [2.75, 3.05) is 0 Å². The van der Waals surface area contributed by atoms with Crippen LogP contribution in [0, 0.1) is 0 Å². The number of primary amides is 1. The van der Waals surface area contributed by atoms with Gasteiger partial charge in [-0.05, 0) is 6.07 Å². The molecule has 9 nitrogen and oxygen atoms in total. The monoisotopic (exact) mass is 329 g/mol. The second kappa shape index (κ2) is 5.76. The van der Waals surface area contributed by atoms with Gasteiger partial charge in [0.15, 0.2) is 30.1 Å². The van der Waals surface area contributed by atoms with Gasteiger partial charge in [0, 0.05) is 20.2 Å². The summed E-state index contributed by atoms with van der Waals surface area (Å²) in [6.45, 7) is 0.968. The maximum absolute atomic E-state index is 12.4. The maximum atomic E-state index is 12.4. The Morgan fingerprint density at radius 3 is 2.75 bits per heavy atom. The molecule has 0 saturated carbocycles. The zero-order chi connectivity index (χ0) is 17.4. The van der Waals surface area contributed by atoms with Crippen molar-refractivity contribution in [1.82, 2.24) is 18.7 Å². The van der Waals surface area contributed by atoms with E-state index in [1.165, 1.54) is 17.9 Å². The summed E-state index contributed by atoms with van der Waals surface area (Å²) < 4.78 is 5.90. The van der Waals surface area contributed by atoms with Crippen LogP contribution in [0.1, 0.15) is 10.4 Å². The number of nitrogens with zero attached hydrogens (tertiary/aromatic N) is 5. The molecule has 1 amide bonds. The lowest BCUT2D eigenvalue weighted by atomic mass is 10.3. The average Bonchev–Trinajstić information content (AvgIpc) is 3.00. The lowest BCUT2D eigenvalue weighted by Gasteiger charge is -2.05. The first-order chi connectivity index (χ1) is 11.4. The summed E-state index contributed by atoms with van der Waals surface area (Å²) >= 11 is 0. The number of rotatable bonds is 4. The smallest absolute Gasteiger partial charge is 0.332 e. The second-order valence-corrected chi connectivity index (χ2v) is 5.51. The molecule has 2 N–H and O–H groups in total. The van der Waals surface area contributed by atoms with Gasteiger partial charge in [0.25, 0.3) is 11.5 Å². The van der Waals surface area contributed by atoms with Gasteiger partial charge in [0.1, 0.15) is 5.56 Å². The van der Waals surface area contributed by atoms with Crippen LogP contribution >= 0.6 is 0 Å². The standard InChI is InChI=1S/C15H16N6O3/c1-18-13-11(14(23)19(2)15(18)24)21(9-17-13)7-6-20-5-3-4-10(8-20)12(16)22/h3-5,8-9H,6-7H2,1-2H3,(H-,16,22)/p+1. The zero-order valence-electron chi connectivity index (χ0n) is 13.3. The summed E-state index contributed by atoms with van der Waals surface area (Å²) in [5.41, 5.74) is 5.59. The molecule has 0 spiro atoms. The SMILES string of the molecule is Cn1c(=O)c2c(ncn2CC[n+]2cccc(C(N)=O)c2)n(C)c1=O. The highest BCUT2D eigenvalue weighted by Crippen LogP contribution is 2.05. The quantitative estimate of drug-likeness (QED) is 0.589. The van der Waals surface area contributed by atoms with Gasteiger partial charge in [-0.2, -0.15) is 0 Å². The number of hydrogen-bond acceptors (Lipinski definition) is 4. The molecule has 0 saturated heterocycles. The fourth-order valence-electron chi connectivity index (χ4n) is 2.60. The maximum Gasteiger partial charge on any atom is 0.332 e. The van der Waals surface area contributed by atoms with Gasteiger partial charge in [0.05, 0.1) is 12.9 Å². The Balaban J connectivity index is 1.97. The second-order valence-electron chi connectivity index (χ2n) is 5.51. The minimum atomic E-state index is -0.499. The Kier molecular flexibility index (Phi) is 3.76. The van der Waals surface area contributed by atoms with Crippen LogP contribution in [0.2, 0.25) is 0 Å². The van der Waals surface area contributed by atoms with E-state index < -0.39 is 11.6 Å². The minimum Gasteiger partial charge on any atom is -0.365 e. The van der Waals surface area contributed by atoms with Gasteiger partial charge in [0.2, 0.25) is 0 Å². The number of aryl methyl sites for hydroxylation is 3. The first-order valence-electron chi connectivity index (χ1n) is 7.30. The predicted molar refractivity (Wildman–Crippen MR) is 85.4 cm³/mol. The lowest BCUT2D eigenvalue weighted by molar-refractivity contribution is -0.698. The van der Waals surface area contributed by atoms with Crippen molar-refractivity contribution in [3.05, 3.63) is 57.3 Å². The van der Waals surface area contributed by atoms with Crippen molar-refractivity contribution >= 4 is 17.1 Å². The molecule has 3 rings (SSSR count). The van der Waals surface area contributed by atoms with Crippen LogP contribution in [0.3, 0.4) is 0 Å². The number of carbonyl (C=O) groups is 1. The molecule has 0 aliphatic carbocycles. The van der Waals surface area contributed by atoms with E-state index in [0.717, 1.165) is 4.57 Å². The van der Waals surface area contributed by atoms with Crippen molar-refractivity contribution in [1.29, 1.82) is 0 Å². The van der Waals surface area contributed by atoms with Gasteiger partial charge in [-0.15, -0.1) is 0 Å². The fraction of sp³-hybridized carbons (Fsp3) is 0.267. The van der Waals surface area contributed by atoms with Crippen LogP contribution in [-0.4, -0.2) is 24.6 Å². The van der Waals surface area contributed by atoms with Crippen molar-refractivity contribution < 1.29 is 9.36 Å². The summed E-state index contributed by atoms with van der Waals surface area (Å²) in [7, 11) is 3.01. The first kappa shape index (κ1) is 15.7. The van der Waals surface area contributed by atoms with Crippen molar-refractivity contribution in [2.45, 2.75) is 13.1 Å². The fourth-order valence-corrected chi connectivity index (χ4v) is 2.60. The first-order valence-corrected chi connectivity index (χ1v) is 7.30. The lowest BCUT2D eigenvalue weighted by Crippen LogP contribution is -2.39. The van der Waals surface area contributed by atoms with Crippen molar-refractivity contribution in [3.63, 3.8) is 0 Å². The number of hydrogen-bond donors (Lipinski definition) is 1. The Labute approximate surface area is 136 Å². The van der Waals surface area contributed by atoms with E-state index in [0.29, 0.717) is 29.8 Å². The molecule has 0 bridgehead atoms. The van der Waals surface area contributed by atoms with Crippen molar-refractivity contribution in [3.8, 4) is 0 Å². The highest BCUT2D eigenvalue weighted by Gasteiger charge is 2.15. The molecule has 3 aromatic heterocycles. The average molecular weight is 329 g/mol. The molecule has 0 aromatic carbocycles. The van der Waals surface area contributed by atoms with Crippen LogP contribution in [0.15, 0.2) is 40.4 Å². The number of nitrogens with two attached hydrogens (primary N) is 1. The normalized spacial score (nSPS) is 11.1. The molecular weight excluding hydrogens is 312 g/mol. The van der Waals surface area contributed by atoms with E-state index in [-0.39, 0.29) is 5.56 Å². The molecular formula is C15H17N6O3+. The molecule has 0 aliphatic rings. The van der Waals surface area contributed by atoms with E-state index >= 15 is 0 Å². The highest BCUT2D eigenvalue weighted by molar-refractivity contribution is 5.92. The molecule has 0 aliphatic heterocycles. The van der Waals surface area contributed by atoms with Gasteiger partial charge in [-0.1, -0.05) is 0 Å². The van der Waals surface area contributed by atoms with Gasteiger partial charge < -0.3 is 10.3 Å². The van der Waals surface area contributed by atoms with Gasteiger partial charge in [-0.3, -0.25) is 18.7 Å². The summed E-state index contributed by atoms with van der Waals surface area (Å²) in [5, 5.41) is 0. The van der Waals surface area contributed by atoms with E-state index in [1.807, 2.05) is 0 Å². The molecule has 3 aromatic rings. The van der Waals surface area contributed by atoms with Crippen molar-refractivity contribution in [2.24, 2.45) is 19.8 Å². The highest BCUT2D eigenvalue weighted by atomic mass is 16.2. The third-order valence-electron chi connectivity index (χ3n) is 3.96. The van der Waals surface area contributed by atoms with E-state index in [9.17, 15) is 14.4 Å². The molecule has 0 radical (unpaired) electrons. The molecule has 9 heteroatoms. The van der Waals surface area contributed by atoms with E-state index in [4.69, 9.17) is 5.73 Å². The topological polar surface area (TPSA) is 109 Å². The Morgan fingerprint density at radius 2 is 2.04 bits per heavy atom. The largest absolute Gasteiger partial charge is 0.365 e. The number of amides is 1. The molecule has 3 heterocycles. The van der Waals surface area contributed by atoms with Crippen LogP contribution in [0.25, 0.3) is 11.2 Å². The number of imidazole rings is 1. The van der Waals surface area contributed by atoms with Gasteiger partial charge in [-0.25, -0.2) is 14.3 Å². The Morgan fingerprint density at radius 1 is 1.29 bits per heavy atom. The minimum absolute atomic E-state index is 0.346. The van der Waals surface area contributed by atoms with Gasteiger partial charge >= 0.3 is 5.69 Å². The van der Waals surface area contributed by atoms with E-state index in [2.05, 4.69) is 4.98 Å². The summed E-state index contributed by atoms with van der Waals surface area (Å²) in [5.74, 6) is -0.499. The van der Waals surface area contributed by atoms with Crippen LogP contribution in [-0.2, 0) is 27.2 Å². The molecule has 124 valence electrons. The molecule has 0 fully saturated rings. The summed E-state index contributed by atoms with van der Waals surface area (Å²) in [6, 6.07) is 3.37. The Bertz CT molecular complexity index is 1060. The predicted octanol–water partition coefficient (Wildman–Crippen LogP) is -1.48. The Hall–Kier alpha value is -3.23. The van der Waals surface area contributed by atoms with Crippen LogP contribution in [0.5, 0.6) is 0 Å². The van der Waals surface area contributed by atoms with E-state index in [1.54, 1.807) is 40.7 Å². The van der Waals surface area contributed by atoms with Crippen LogP contribution in [0.4, 0.5) is 0 Å². The number of pyridine rings is 1. The molecule has 0 unspecified atom stereocenters. The summed E-state index contributed by atoms with van der Waals surface area (Å²) in [4.78, 5) is 39.7.